The molecular formula is C20H16ClN3O. The molecule has 0 radical (unpaired) electrons. The lowest BCUT2D eigenvalue weighted by Crippen LogP contribution is -2.20. The average molecular weight is 350 g/mol. The standard InChI is InChI=1S/C20H16ClN3O/c21-19-15(10-14-8-4-5-9-18(14)23-19)12-22-24-20(25)17-11-16(17)13-6-2-1-3-7-13/h1-10,12,16-17H,11H2,(H,24,25)/t16-,17+/m1/s1. The second-order valence-corrected chi connectivity index (χ2v) is 6.51. The Hall–Kier alpha value is -2.72. The minimum Gasteiger partial charge on any atom is -0.273 e. The molecule has 25 heavy (non-hydrogen) atoms. The number of carbonyl (C=O) groups is 1. The molecule has 1 amide bonds. The number of halogens is 1. The molecule has 3 aromatic rings. The van der Waals surface area contributed by atoms with Gasteiger partial charge in [0.1, 0.15) is 5.15 Å². The van der Waals surface area contributed by atoms with Gasteiger partial charge in [-0.2, -0.15) is 5.10 Å². The zero-order valence-corrected chi connectivity index (χ0v) is 14.1. The summed E-state index contributed by atoms with van der Waals surface area (Å²) in [5.41, 5.74) is 5.32. The highest BCUT2D eigenvalue weighted by Crippen LogP contribution is 2.47. The molecule has 2 atom stereocenters. The van der Waals surface area contributed by atoms with Gasteiger partial charge in [0, 0.05) is 16.9 Å². The molecule has 0 aliphatic heterocycles. The van der Waals surface area contributed by atoms with Gasteiger partial charge in [0.05, 0.1) is 11.7 Å². The Bertz CT molecular complexity index is 956. The van der Waals surface area contributed by atoms with E-state index >= 15 is 0 Å². The van der Waals surface area contributed by atoms with Crippen molar-refractivity contribution in [3.05, 3.63) is 76.9 Å². The Morgan fingerprint density at radius 3 is 2.76 bits per heavy atom. The SMILES string of the molecule is O=C(NN=Cc1cc2ccccc2nc1Cl)[C@H]1C[C@@H]1c1ccccc1. The van der Waals surface area contributed by atoms with Crippen LogP contribution >= 0.6 is 11.6 Å². The van der Waals surface area contributed by atoms with Crippen LogP contribution < -0.4 is 5.43 Å². The van der Waals surface area contributed by atoms with E-state index in [-0.39, 0.29) is 11.8 Å². The first-order valence-electron chi connectivity index (χ1n) is 8.15. The third-order valence-corrected chi connectivity index (χ3v) is 4.74. The highest BCUT2D eigenvalue weighted by atomic mass is 35.5. The Morgan fingerprint density at radius 2 is 1.92 bits per heavy atom. The summed E-state index contributed by atoms with van der Waals surface area (Å²) >= 11 is 6.18. The fourth-order valence-corrected chi connectivity index (χ4v) is 3.20. The van der Waals surface area contributed by atoms with Gasteiger partial charge in [-0.05, 0) is 30.0 Å². The second kappa shape index (κ2) is 6.65. The lowest BCUT2D eigenvalue weighted by Gasteiger charge is -2.02. The van der Waals surface area contributed by atoms with Crippen LogP contribution in [0.5, 0.6) is 0 Å². The van der Waals surface area contributed by atoms with E-state index in [0.717, 1.165) is 17.3 Å². The molecule has 4 rings (SSSR count). The van der Waals surface area contributed by atoms with Crippen LogP contribution in [0.15, 0.2) is 65.8 Å². The van der Waals surface area contributed by atoms with Crippen molar-refractivity contribution < 1.29 is 4.79 Å². The van der Waals surface area contributed by atoms with Crippen LogP contribution in [0.25, 0.3) is 10.9 Å². The highest BCUT2D eigenvalue weighted by Gasteiger charge is 2.43. The number of benzene rings is 2. The summed E-state index contributed by atoms with van der Waals surface area (Å²) in [5.74, 6) is 0.224. The van der Waals surface area contributed by atoms with Crippen LogP contribution in [0.1, 0.15) is 23.5 Å². The van der Waals surface area contributed by atoms with E-state index in [9.17, 15) is 4.79 Å². The average Bonchev–Trinajstić information content (AvgIpc) is 3.44. The van der Waals surface area contributed by atoms with Gasteiger partial charge in [-0.3, -0.25) is 4.79 Å². The topological polar surface area (TPSA) is 54.4 Å². The summed E-state index contributed by atoms with van der Waals surface area (Å²) in [5, 5.41) is 5.39. The minimum atomic E-state index is -0.0602. The normalized spacial score (nSPS) is 19.2. The van der Waals surface area contributed by atoms with Crippen LogP contribution in [-0.4, -0.2) is 17.1 Å². The maximum Gasteiger partial charge on any atom is 0.243 e. The molecule has 124 valence electrons. The van der Waals surface area contributed by atoms with Gasteiger partial charge in [-0.15, -0.1) is 0 Å². The zero-order valence-electron chi connectivity index (χ0n) is 13.4. The van der Waals surface area contributed by atoms with Gasteiger partial charge in [0.2, 0.25) is 5.91 Å². The van der Waals surface area contributed by atoms with E-state index in [2.05, 4.69) is 27.6 Å². The summed E-state index contributed by atoms with van der Waals surface area (Å²) in [4.78, 5) is 16.5. The highest BCUT2D eigenvalue weighted by molar-refractivity contribution is 6.32. The molecule has 1 N–H and O–H groups in total. The number of aromatic nitrogens is 1. The summed E-state index contributed by atoms with van der Waals surface area (Å²) in [6.07, 6.45) is 2.41. The fourth-order valence-electron chi connectivity index (χ4n) is 3.00. The molecule has 1 saturated carbocycles. The largest absolute Gasteiger partial charge is 0.273 e. The lowest BCUT2D eigenvalue weighted by atomic mass is 10.1. The molecule has 1 aliphatic rings. The number of rotatable bonds is 4. The number of para-hydroxylation sites is 1. The summed E-state index contributed by atoms with van der Waals surface area (Å²) in [7, 11) is 0. The van der Waals surface area contributed by atoms with Gasteiger partial charge in [0.15, 0.2) is 0 Å². The lowest BCUT2D eigenvalue weighted by molar-refractivity contribution is -0.122. The van der Waals surface area contributed by atoms with Crippen molar-refractivity contribution in [2.24, 2.45) is 11.0 Å². The smallest absolute Gasteiger partial charge is 0.243 e. The Labute approximate surface area is 150 Å². The predicted molar refractivity (Wildman–Crippen MR) is 99.8 cm³/mol. The Kier molecular flexibility index (Phi) is 4.20. The number of fused-ring (bicyclic) bond motifs is 1. The maximum absolute atomic E-state index is 12.2. The van der Waals surface area contributed by atoms with Gasteiger partial charge < -0.3 is 0 Å². The molecule has 5 heteroatoms. The molecule has 2 aromatic carbocycles. The van der Waals surface area contributed by atoms with Crippen LogP contribution in [0.3, 0.4) is 0 Å². The number of hydrogen-bond acceptors (Lipinski definition) is 3. The van der Waals surface area contributed by atoms with E-state index in [0.29, 0.717) is 16.6 Å². The van der Waals surface area contributed by atoms with E-state index < -0.39 is 0 Å². The summed E-state index contributed by atoms with van der Waals surface area (Å²) < 4.78 is 0. The number of hydrogen-bond donors (Lipinski definition) is 1. The number of carbonyl (C=O) groups excluding carboxylic acids is 1. The van der Waals surface area contributed by atoms with Crippen LogP contribution in [0.2, 0.25) is 5.15 Å². The first kappa shape index (κ1) is 15.8. The minimum absolute atomic E-state index is 0.00949. The van der Waals surface area contributed by atoms with E-state index in [4.69, 9.17) is 11.6 Å². The van der Waals surface area contributed by atoms with Crippen molar-refractivity contribution in [3.63, 3.8) is 0 Å². The number of pyridine rings is 1. The number of nitrogens with zero attached hydrogens (tertiary/aromatic N) is 2. The molecule has 0 bridgehead atoms. The van der Waals surface area contributed by atoms with Crippen molar-refractivity contribution in [2.75, 3.05) is 0 Å². The van der Waals surface area contributed by atoms with Crippen molar-refractivity contribution in [1.29, 1.82) is 0 Å². The number of nitrogens with one attached hydrogen (secondary N) is 1. The van der Waals surface area contributed by atoms with Crippen LogP contribution in [0, 0.1) is 5.92 Å². The molecule has 1 aliphatic carbocycles. The first-order valence-corrected chi connectivity index (χ1v) is 8.53. The van der Waals surface area contributed by atoms with Gasteiger partial charge in [-0.1, -0.05) is 60.1 Å². The van der Waals surface area contributed by atoms with Crippen molar-refractivity contribution in [3.8, 4) is 0 Å². The fraction of sp³-hybridized carbons (Fsp3) is 0.150. The third-order valence-electron chi connectivity index (χ3n) is 4.44. The number of amides is 1. The van der Waals surface area contributed by atoms with Gasteiger partial charge >= 0.3 is 0 Å². The Morgan fingerprint density at radius 1 is 1.16 bits per heavy atom. The monoisotopic (exact) mass is 349 g/mol. The van der Waals surface area contributed by atoms with E-state index in [1.54, 1.807) is 6.21 Å². The van der Waals surface area contributed by atoms with E-state index in [1.807, 2.05) is 48.5 Å². The van der Waals surface area contributed by atoms with Crippen molar-refractivity contribution >= 4 is 34.6 Å². The third kappa shape index (κ3) is 3.39. The molecular weight excluding hydrogens is 334 g/mol. The molecule has 1 aromatic heterocycles. The quantitative estimate of drug-likeness (QED) is 0.437. The van der Waals surface area contributed by atoms with Crippen molar-refractivity contribution in [2.45, 2.75) is 12.3 Å². The molecule has 0 spiro atoms. The number of hydrazone groups is 1. The Balaban J connectivity index is 1.42. The molecule has 4 nitrogen and oxygen atoms in total. The maximum atomic E-state index is 12.2. The van der Waals surface area contributed by atoms with Gasteiger partial charge in [-0.25, -0.2) is 10.4 Å². The second-order valence-electron chi connectivity index (χ2n) is 6.15. The predicted octanol–water partition coefficient (Wildman–Crippen LogP) is 4.14. The summed E-state index contributed by atoms with van der Waals surface area (Å²) in [6, 6.07) is 19.7. The molecule has 0 saturated heterocycles. The van der Waals surface area contributed by atoms with Crippen LogP contribution in [0.4, 0.5) is 0 Å². The van der Waals surface area contributed by atoms with Crippen molar-refractivity contribution in [1.82, 2.24) is 10.4 Å². The zero-order chi connectivity index (χ0) is 17.2. The first-order chi connectivity index (χ1) is 12.2. The van der Waals surface area contributed by atoms with Crippen LogP contribution in [-0.2, 0) is 4.79 Å². The molecule has 1 heterocycles. The molecule has 0 unspecified atom stereocenters. The molecule has 1 fully saturated rings. The van der Waals surface area contributed by atoms with E-state index in [1.165, 1.54) is 5.56 Å². The summed E-state index contributed by atoms with van der Waals surface area (Å²) in [6.45, 7) is 0. The van der Waals surface area contributed by atoms with Gasteiger partial charge in [0.25, 0.3) is 0 Å².